The second kappa shape index (κ2) is 7.14. The maximum atomic E-state index is 12.4. The fourth-order valence-electron chi connectivity index (χ4n) is 3.60. The van der Waals surface area contributed by atoms with Gasteiger partial charge >= 0.3 is 0 Å². The Bertz CT molecular complexity index is 865. The third-order valence-electron chi connectivity index (χ3n) is 5.04. The van der Waals surface area contributed by atoms with E-state index in [4.69, 9.17) is 0 Å². The zero-order valence-electron chi connectivity index (χ0n) is 14.4. The molecule has 1 amide bonds. The van der Waals surface area contributed by atoms with Crippen LogP contribution in [0.25, 0.3) is 17.2 Å². The van der Waals surface area contributed by atoms with Gasteiger partial charge in [0.15, 0.2) is 0 Å². The van der Waals surface area contributed by atoms with Crippen LogP contribution in [0.3, 0.4) is 0 Å². The van der Waals surface area contributed by atoms with Crippen LogP contribution in [-0.2, 0) is 4.79 Å². The average Bonchev–Trinajstić information content (AvgIpc) is 2.94. The van der Waals surface area contributed by atoms with Crippen LogP contribution in [-0.4, -0.2) is 28.7 Å². The van der Waals surface area contributed by atoms with E-state index in [0.717, 1.165) is 5.56 Å². The summed E-state index contributed by atoms with van der Waals surface area (Å²) in [6, 6.07) is 18.6. The summed E-state index contributed by atoms with van der Waals surface area (Å²) in [4.78, 5) is 14.0. The number of carbonyl (C=O) groups is 1. The molecule has 1 fully saturated rings. The molecule has 2 aromatic rings. The summed E-state index contributed by atoms with van der Waals surface area (Å²) < 4.78 is 0. The van der Waals surface area contributed by atoms with Gasteiger partial charge in [-0.05, 0) is 16.7 Å². The highest BCUT2D eigenvalue weighted by Crippen LogP contribution is 2.33. The highest BCUT2D eigenvalue weighted by atomic mass is 16.3. The SMILES string of the molecule is O=C1C2C=CC=CC2C(O)N1C/C=C/c1ccc(-c2ccccc2)cc1. The highest BCUT2D eigenvalue weighted by Gasteiger charge is 2.44. The van der Waals surface area contributed by atoms with E-state index < -0.39 is 6.23 Å². The van der Waals surface area contributed by atoms with Gasteiger partial charge in [0.2, 0.25) is 5.91 Å². The molecule has 1 saturated heterocycles. The van der Waals surface area contributed by atoms with Gasteiger partial charge in [0.25, 0.3) is 0 Å². The van der Waals surface area contributed by atoms with Gasteiger partial charge < -0.3 is 10.0 Å². The zero-order chi connectivity index (χ0) is 17.9. The number of aliphatic hydroxyl groups is 1. The third kappa shape index (κ3) is 3.14. The van der Waals surface area contributed by atoms with Gasteiger partial charge in [-0.2, -0.15) is 0 Å². The summed E-state index contributed by atoms with van der Waals surface area (Å²) in [5.74, 6) is -0.369. The number of carbonyl (C=O) groups excluding carboxylic acids is 1. The van der Waals surface area contributed by atoms with E-state index in [1.165, 1.54) is 11.1 Å². The molecule has 3 atom stereocenters. The number of allylic oxidation sites excluding steroid dienone is 2. The third-order valence-corrected chi connectivity index (χ3v) is 5.04. The lowest BCUT2D eigenvalue weighted by atomic mass is 9.90. The number of fused-ring (bicyclic) bond motifs is 1. The predicted octanol–water partition coefficient (Wildman–Crippen LogP) is 3.89. The second-order valence-corrected chi connectivity index (χ2v) is 6.67. The van der Waals surface area contributed by atoms with E-state index >= 15 is 0 Å². The molecule has 0 saturated carbocycles. The van der Waals surface area contributed by atoms with Crippen LogP contribution < -0.4 is 0 Å². The predicted molar refractivity (Wildman–Crippen MR) is 104 cm³/mol. The van der Waals surface area contributed by atoms with Crippen molar-refractivity contribution in [3.63, 3.8) is 0 Å². The van der Waals surface area contributed by atoms with Crippen molar-refractivity contribution in [2.45, 2.75) is 6.23 Å². The summed E-state index contributed by atoms with van der Waals surface area (Å²) in [5.41, 5.74) is 3.44. The first kappa shape index (κ1) is 16.6. The van der Waals surface area contributed by atoms with Crippen molar-refractivity contribution in [1.29, 1.82) is 0 Å². The molecule has 1 heterocycles. The minimum absolute atomic E-state index is 0.00724. The quantitative estimate of drug-likeness (QED) is 0.915. The molecule has 3 nitrogen and oxygen atoms in total. The number of benzene rings is 2. The van der Waals surface area contributed by atoms with Crippen molar-refractivity contribution in [3.8, 4) is 11.1 Å². The molecule has 130 valence electrons. The number of aliphatic hydroxyl groups excluding tert-OH is 1. The summed E-state index contributed by atoms with van der Waals surface area (Å²) in [6.45, 7) is 0.412. The monoisotopic (exact) mass is 343 g/mol. The normalized spacial score (nSPS) is 24.4. The molecule has 2 aromatic carbocycles. The minimum Gasteiger partial charge on any atom is -0.373 e. The summed E-state index contributed by atoms with van der Waals surface area (Å²) in [7, 11) is 0. The van der Waals surface area contributed by atoms with E-state index in [1.54, 1.807) is 4.90 Å². The van der Waals surface area contributed by atoms with Crippen LogP contribution in [0.15, 0.2) is 85.0 Å². The fourth-order valence-corrected chi connectivity index (χ4v) is 3.60. The smallest absolute Gasteiger partial charge is 0.232 e. The van der Waals surface area contributed by atoms with Crippen LogP contribution in [0, 0.1) is 11.8 Å². The topological polar surface area (TPSA) is 40.5 Å². The van der Waals surface area contributed by atoms with Gasteiger partial charge in [-0.15, -0.1) is 0 Å². The molecule has 3 unspecified atom stereocenters. The molecule has 0 bridgehead atoms. The Kier molecular flexibility index (Phi) is 4.55. The van der Waals surface area contributed by atoms with Crippen molar-refractivity contribution in [2.24, 2.45) is 11.8 Å². The van der Waals surface area contributed by atoms with E-state index in [-0.39, 0.29) is 17.7 Å². The second-order valence-electron chi connectivity index (χ2n) is 6.67. The first-order valence-electron chi connectivity index (χ1n) is 8.89. The van der Waals surface area contributed by atoms with Gasteiger partial charge in [0.05, 0.1) is 5.92 Å². The first-order valence-corrected chi connectivity index (χ1v) is 8.89. The Hall–Kier alpha value is -2.91. The van der Waals surface area contributed by atoms with Crippen molar-refractivity contribution >= 4 is 12.0 Å². The number of likely N-dealkylation sites (tertiary alicyclic amines) is 1. The Balaban J connectivity index is 1.42. The number of amides is 1. The van der Waals surface area contributed by atoms with Gasteiger partial charge in [0.1, 0.15) is 6.23 Å². The summed E-state index contributed by atoms with van der Waals surface area (Å²) >= 11 is 0. The van der Waals surface area contributed by atoms with Gasteiger partial charge in [0, 0.05) is 12.5 Å². The Morgan fingerprint density at radius 2 is 1.62 bits per heavy atom. The molecule has 2 aliphatic rings. The van der Waals surface area contributed by atoms with Crippen molar-refractivity contribution in [1.82, 2.24) is 4.90 Å². The van der Waals surface area contributed by atoms with E-state index in [2.05, 4.69) is 36.4 Å². The van der Waals surface area contributed by atoms with E-state index in [9.17, 15) is 9.90 Å². The maximum absolute atomic E-state index is 12.4. The lowest BCUT2D eigenvalue weighted by Gasteiger charge is -2.20. The van der Waals surface area contributed by atoms with E-state index in [0.29, 0.717) is 6.54 Å². The number of hydrogen-bond acceptors (Lipinski definition) is 2. The van der Waals surface area contributed by atoms with Crippen molar-refractivity contribution in [3.05, 3.63) is 90.5 Å². The molecule has 1 aliphatic carbocycles. The molecule has 1 N–H and O–H groups in total. The van der Waals surface area contributed by atoms with Crippen molar-refractivity contribution in [2.75, 3.05) is 6.54 Å². The van der Waals surface area contributed by atoms with Crippen LogP contribution >= 0.6 is 0 Å². The van der Waals surface area contributed by atoms with Crippen LogP contribution in [0.2, 0.25) is 0 Å². The Labute approximate surface area is 153 Å². The van der Waals surface area contributed by atoms with Crippen LogP contribution in [0.4, 0.5) is 0 Å². The van der Waals surface area contributed by atoms with Gasteiger partial charge in [-0.1, -0.05) is 91.1 Å². The molecule has 1 aliphatic heterocycles. The Morgan fingerprint density at radius 3 is 2.35 bits per heavy atom. The van der Waals surface area contributed by atoms with Crippen LogP contribution in [0.5, 0.6) is 0 Å². The van der Waals surface area contributed by atoms with Crippen LogP contribution in [0.1, 0.15) is 5.56 Å². The molecular formula is C23H21NO2. The van der Waals surface area contributed by atoms with Crippen molar-refractivity contribution < 1.29 is 9.90 Å². The summed E-state index contributed by atoms with van der Waals surface area (Å²) in [5, 5.41) is 10.4. The Morgan fingerprint density at radius 1 is 0.923 bits per heavy atom. The molecular weight excluding hydrogens is 322 g/mol. The molecule has 0 radical (unpaired) electrons. The average molecular weight is 343 g/mol. The van der Waals surface area contributed by atoms with E-state index in [1.807, 2.05) is 54.7 Å². The molecule has 4 rings (SSSR count). The highest BCUT2D eigenvalue weighted by molar-refractivity contribution is 5.84. The lowest BCUT2D eigenvalue weighted by Crippen LogP contribution is -2.34. The number of rotatable bonds is 4. The minimum atomic E-state index is -0.751. The lowest BCUT2D eigenvalue weighted by molar-refractivity contribution is -0.133. The van der Waals surface area contributed by atoms with Gasteiger partial charge in [-0.3, -0.25) is 4.79 Å². The molecule has 0 aromatic heterocycles. The van der Waals surface area contributed by atoms with Gasteiger partial charge in [-0.25, -0.2) is 0 Å². The maximum Gasteiger partial charge on any atom is 0.232 e. The number of nitrogens with zero attached hydrogens (tertiary/aromatic N) is 1. The molecule has 0 spiro atoms. The fraction of sp³-hybridized carbons (Fsp3) is 0.174. The number of hydrogen-bond donors (Lipinski definition) is 1. The largest absolute Gasteiger partial charge is 0.373 e. The zero-order valence-corrected chi connectivity index (χ0v) is 14.4. The standard InChI is InChI=1S/C23H21NO2/c25-22-20-10-4-5-11-21(20)23(26)24(22)16-6-7-17-12-14-19(15-13-17)18-8-2-1-3-9-18/h1-15,20-22,25H,16H2/b7-6+. The molecule has 26 heavy (non-hydrogen) atoms. The molecule has 3 heteroatoms. The first-order chi connectivity index (χ1) is 12.7. The summed E-state index contributed by atoms with van der Waals surface area (Å²) in [6.07, 6.45) is 10.7.